The van der Waals surface area contributed by atoms with E-state index in [0.717, 1.165) is 11.3 Å². The first-order valence-corrected chi connectivity index (χ1v) is 13.2. The van der Waals surface area contributed by atoms with Gasteiger partial charge in [0.25, 0.3) is 5.56 Å². The Morgan fingerprint density at radius 1 is 1.00 bits per heavy atom. The Morgan fingerprint density at radius 3 is 2.62 bits per heavy atom. The molecule has 2 aromatic carbocycles. The van der Waals surface area contributed by atoms with Gasteiger partial charge in [-0.15, -0.1) is 0 Å². The van der Waals surface area contributed by atoms with Gasteiger partial charge in [0.1, 0.15) is 0 Å². The van der Waals surface area contributed by atoms with E-state index in [1.807, 2.05) is 46.2 Å². The summed E-state index contributed by atoms with van der Waals surface area (Å²) in [4.78, 5) is 47.1. The zero-order valence-corrected chi connectivity index (χ0v) is 21.9. The smallest absolute Gasteiger partial charge is 0.261 e. The van der Waals surface area contributed by atoms with Crippen molar-refractivity contribution in [1.29, 1.82) is 0 Å². The molecule has 0 radical (unpaired) electrons. The molecule has 1 aromatic heterocycles. The minimum absolute atomic E-state index is 0.0698. The lowest BCUT2D eigenvalue weighted by molar-refractivity contribution is -0.131. The van der Waals surface area contributed by atoms with Crippen molar-refractivity contribution in [3.05, 3.63) is 70.8 Å². The van der Waals surface area contributed by atoms with Crippen LogP contribution in [0, 0.1) is 5.92 Å². The van der Waals surface area contributed by atoms with Gasteiger partial charge in [-0.2, -0.15) is 0 Å². The van der Waals surface area contributed by atoms with E-state index >= 15 is 0 Å². The average molecular weight is 504 g/mol. The molecule has 0 aliphatic carbocycles. The molecule has 1 N–H and O–H groups in total. The molecule has 37 heavy (non-hydrogen) atoms. The first-order chi connectivity index (χ1) is 17.9. The summed E-state index contributed by atoms with van der Waals surface area (Å²) in [5.41, 5.74) is 2.64. The van der Waals surface area contributed by atoms with Crippen molar-refractivity contribution in [3.8, 4) is 0 Å². The Bertz CT molecular complexity index is 1290. The predicted octanol–water partition coefficient (Wildman–Crippen LogP) is 3.58. The van der Waals surface area contributed by atoms with E-state index in [4.69, 9.17) is 0 Å². The molecule has 4 rings (SSSR count). The van der Waals surface area contributed by atoms with E-state index in [9.17, 15) is 14.4 Å². The average Bonchev–Trinajstić information content (AvgIpc) is 2.93. The number of anilines is 1. The highest BCUT2D eigenvalue weighted by molar-refractivity contribution is 5.94. The molecule has 8 nitrogen and oxygen atoms in total. The second-order valence-corrected chi connectivity index (χ2v) is 10.0. The molecule has 196 valence electrons. The molecule has 0 unspecified atom stereocenters. The van der Waals surface area contributed by atoms with Crippen molar-refractivity contribution in [2.24, 2.45) is 5.92 Å². The largest absolute Gasteiger partial charge is 0.341 e. The Kier molecular flexibility index (Phi) is 9.06. The molecule has 1 aliphatic heterocycles. The maximum atomic E-state index is 13.1. The van der Waals surface area contributed by atoms with Crippen molar-refractivity contribution >= 4 is 28.4 Å². The molecule has 0 bridgehead atoms. The molecule has 0 fully saturated rings. The third kappa shape index (κ3) is 6.83. The van der Waals surface area contributed by atoms with E-state index in [1.165, 1.54) is 0 Å². The number of fused-ring (bicyclic) bond motifs is 2. The van der Waals surface area contributed by atoms with Crippen LogP contribution in [0.1, 0.15) is 45.1 Å². The third-order valence-corrected chi connectivity index (χ3v) is 6.72. The van der Waals surface area contributed by atoms with Crippen LogP contribution in [0.3, 0.4) is 0 Å². The molecule has 0 spiro atoms. The second-order valence-electron chi connectivity index (χ2n) is 10.0. The van der Waals surface area contributed by atoms with Crippen molar-refractivity contribution in [2.75, 3.05) is 31.1 Å². The van der Waals surface area contributed by atoms with E-state index in [-0.39, 0.29) is 23.3 Å². The van der Waals surface area contributed by atoms with Gasteiger partial charge in [-0.3, -0.25) is 19.0 Å². The van der Waals surface area contributed by atoms with Crippen LogP contribution in [0.5, 0.6) is 0 Å². The molecular weight excluding hydrogens is 466 g/mol. The highest BCUT2D eigenvalue weighted by atomic mass is 16.2. The Morgan fingerprint density at radius 2 is 1.78 bits per heavy atom. The summed E-state index contributed by atoms with van der Waals surface area (Å²) in [7, 11) is 0. The van der Waals surface area contributed by atoms with Gasteiger partial charge in [-0.1, -0.05) is 44.2 Å². The number of carbonyl (C=O) groups excluding carboxylic acids is 2. The van der Waals surface area contributed by atoms with Gasteiger partial charge < -0.3 is 15.1 Å². The topological polar surface area (TPSA) is 87.5 Å². The molecule has 0 saturated heterocycles. The lowest BCUT2D eigenvalue weighted by atomic mass is 10.1. The molecule has 1 aliphatic rings. The lowest BCUT2D eigenvalue weighted by Crippen LogP contribution is -2.39. The summed E-state index contributed by atoms with van der Waals surface area (Å²) in [6, 6.07) is 15.3. The summed E-state index contributed by atoms with van der Waals surface area (Å²) in [6.45, 7) is 7.64. The highest BCUT2D eigenvalue weighted by Gasteiger charge is 2.21. The second kappa shape index (κ2) is 12.6. The van der Waals surface area contributed by atoms with Crippen LogP contribution < -0.4 is 15.8 Å². The number of nitrogens with one attached hydrogen (secondary N) is 1. The Hall–Kier alpha value is -3.52. The number of nitrogens with zero attached hydrogens (tertiary/aromatic N) is 4. The number of amides is 2. The molecular formula is C29H37N5O3. The van der Waals surface area contributed by atoms with Gasteiger partial charge >= 0.3 is 0 Å². The lowest BCUT2D eigenvalue weighted by Gasteiger charge is -2.27. The van der Waals surface area contributed by atoms with E-state index in [0.29, 0.717) is 75.9 Å². The first-order valence-electron chi connectivity index (χ1n) is 13.2. The van der Waals surface area contributed by atoms with Gasteiger partial charge in [-0.25, -0.2) is 4.98 Å². The van der Waals surface area contributed by atoms with Crippen LogP contribution in [-0.4, -0.2) is 52.4 Å². The minimum Gasteiger partial charge on any atom is -0.341 e. The van der Waals surface area contributed by atoms with Crippen molar-refractivity contribution < 1.29 is 9.59 Å². The van der Waals surface area contributed by atoms with Crippen LogP contribution >= 0.6 is 0 Å². The Balaban J connectivity index is 1.39. The molecule has 8 heteroatoms. The number of para-hydroxylation sites is 2. The van der Waals surface area contributed by atoms with Crippen LogP contribution in [0.4, 0.5) is 5.69 Å². The Labute approximate surface area is 218 Å². The van der Waals surface area contributed by atoms with Gasteiger partial charge in [0.2, 0.25) is 11.8 Å². The third-order valence-electron chi connectivity index (χ3n) is 6.72. The zero-order chi connectivity index (χ0) is 26.2. The van der Waals surface area contributed by atoms with E-state index < -0.39 is 0 Å². The molecule has 3 aromatic rings. The summed E-state index contributed by atoms with van der Waals surface area (Å²) in [5.74, 6) is 0.466. The number of aryl methyl sites for hydroxylation is 1. The van der Waals surface area contributed by atoms with Crippen molar-refractivity contribution in [2.45, 2.75) is 52.6 Å². The maximum Gasteiger partial charge on any atom is 0.261 e. The van der Waals surface area contributed by atoms with Gasteiger partial charge in [0.15, 0.2) is 0 Å². The van der Waals surface area contributed by atoms with Gasteiger partial charge in [0.05, 0.1) is 17.2 Å². The standard InChI is InChI=1S/C29H37N5O3/c1-22(2)19-28(36)34-17-8-16-32(18-14-30-20-23-9-3-6-12-26(23)34)27(35)13-7-15-33-21-31-25-11-5-4-10-24(25)29(33)37/h3-6,9-12,21-22,30H,7-8,13-20H2,1-2H3. The normalized spacial score (nSPS) is 14.9. The van der Waals surface area contributed by atoms with E-state index in [2.05, 4.69) is 30.2 Å². The molecule has 2 heterocycles. The maximum absolute atomic E-state index is 13.1. The number of benzene rings is 2. The summed E-state index contributed by atoms with van der Waals surface area (Å²) in [6.07, 6.45) is 3.68. The molecule has 0 atom stereocenters. The fourth-order valence-corrected chi connectivity index (χ4v) is 4.80. The monoisotopic (exact) mass is 503 g/mol. The highest BCUT2D eigenvalue weighted by Crippen LogP contribution is 2.23. The van der Waals surface area contributed by atoms with Crippen molar-refractivity contribution in [3.63, 3.8) is 0 Å². The molecule has 0 saturated carbocycles. The van der Waals surface area contributed by atoms with Crippen LogP contribution in [0.2, 0.25) is 0 Å². The summed E-state index contributed by atoms with van der Waals surface area (Å²) in [5, 5.41) is 4.03. The summed E-state index contributed by atoms with van der Waals surface area (Å²) >= 11 is 0. The fraction of sp³-hybridized carbons (Fsp3) is 0.448. The minimum atomic E-state index is -0.0804. The van der Waals surface area contributed by atoms with Gasteiger partial charge in [0, 0.05) is 57.8 Å². The number of rotatable bonds is 6. The summed E-state index contributed by atoms with van der Waals surface area (Å²) < 4.78 is 1.58. The zero-order valence-electron chi connectivity index (χ0n) is 21.9. The van der Waals surface area contributed by atoms with Crippen LogP contribution in [0.25, 0.3) is 10.9 Å². The van der Waals surface area contributed by atoms with E-state index in [1.54, 1.807) is 17.0 Å². The SMILES string of the molecule is CC(C)CC(=O)N1CCCN(C(=O)CCCn2cnc3ccccc3c2=O)CCNCc2ccccc21. The predicted molar refractivity (Wildman–Crippen MR) is 146 cm³/mol. The van der Waals surface area contributed by atoms with Gasteiger partial charge in [-0.05, 0) is 42.5 Å². The first kappa shape index (κ1) is 26.5. The van der Waals surface area contributed by atoms with Crippen LogP contribution in [0.15, 0.2) is 59.7 Å². The van der Waals surface area contributed by atoms with Crippen LogP contribution in [-0.2, 0) is 22.7 Å². The molecule has 2 amide bonds. The number of carbonyl (C=O) groups is 2. The number of aromatic nitrogens is 2. The fourth-order valence-electron chi connectivity index (χ4n) is 4.80. The number of hydrogen-bond donors (Lipinski definition) is 1. The van der Waals surface area contributed by atoms with Crippen molar-refractivity contribution in [1.82, 2.24) is 19.8 Å². The number of hydrogen-bond acceptors (Lipinski definition) is 5. The quantitative estimate of drug-likeness (QED) is 0.556.